The molecule has 1 amide bonds. The Hall–Kier alpha value is -1.77. The van der Waals surface area contributed by atoms with Crippen LogP contribution in [0.25, 0.3) is 10.9 Å². The third kappa shape index (κ3) is 1.93. The molecule has 3 nitrogen and oxygen atoms in total. The van der Waals surface area contributed by atoms with Gasteiger partial charge in [-0.15, -0.1) is 0 Å². The minimum absolute atomic E-state index is 0.140. The van der Waals surface area contributed by atoms with Crippen LogP contribution in [0.2, 0.25) is 0 Å². The van der Waals surface area contributed by atoms with Crippen LogP contribution in [-0.4, -0.2) is 28.9 Å². The normalized spacial score (nSPS) is 16.4. The zero-order valence-electron chi connectivity index (χ0n) is 9.78. The molecule has 0 radical (unpaired) electrons. The summed E-state index contributed by atoms with van der Waals surface area (Å²) in [5.41, 5.74) is 1.75. The number of piperidine rings is 1. The van der Waals surface area contributed by atoms with Gasteiger partial charge in [-0.1, -0.05) is 18.2 Å². The molecule has 17 heavy (non-hydrogen) atoms. The Balaban J connectivity index is 1.89. The van der Waals surface area contributed by atoms with Gasteiger partial charge in [-0.2, -0.15) is 0 Å². The monoisotopic (exact) mass is 228 g/mol. The third-order valence-corrected chi connectivity index (χ3v) is 3.40. The molecule has 1 N–H and O–H groups in total. The van der Waals surface area contributed by atoms with Gasteiger partial charge in [0.2, 0.25) is 0 Å². The van der Waals surface area contributed by atoms with Crippen LogP contribution in [0, 0.1) is 0 Å². The van der Waals surface area contributed by atoms with Crippen molar-refractivity contribution in [3.05, 3.63) is 36.0 Å². The van der Waals surface area contributed by atoms with Crippen molar-refractivity contribution >= 4 is 16.8 Å². The molecule has 1 aliphatic rings. The largest absolute Gasteiger partial charge is 0.351 e. The summed E-state index contributed by atoms with van der Waals surface area (Å²) in [6.07, 6.45) is 3.51. The molecule has 0 unspecified atom stereocenters. The van der Waals surface area contributed by atoms with E-state index in [0.29, 0.717) is 5.69 Å². The molecule has 1 aliphatic heterocycles. The Labute approximate surface area is 100 Å². The van der Waals surface area contributed by atoms with Crippen molar-refractivity contribution in [2.75, 3.05) is 13.1 Å². The van der Waals surface area contributed by atoms with Gasteiger partial charge in [-0.05, 0) is 31.4 Å². The second-order valence-corrected chi connectivity index (χ2v) is 4.62. The molecule has 1 aromatic carbocycles. The summed E-state index contributed by atoms with van der Waals surface area (Å²) in [5.74, 6) is 0.140. The van der Waals surface area contributed by atoms with Crippen LogP contribution in [0.15, 0.2) is 30.3 Å². The molecule has 3 rings (SSSR count). The predicted octanol–water partition coefficient (Wildman–Crippen LogP) is 2.79. The van der Waals surface area contributed by atoms with E-state index in [1.807, 2.05) is 35.2 Å². The van der Waals surface area contributed by atoms with E-state index in [1.54, 1.807) is 0 Å². The molecule has 2 heterocycles. The summed E-state index contributed by atoms with van der Waals surface area (Å²) in [7, 11) is 0. The smallest absolute Gasteiger partial charge is 0.270 e. The van der Waals surface area contributed by atoms with Crippen LogP contribution in [0.3, 0.4) is 0 Å². The van der Waals surface area contributed by atoms with Gasteiger partial charge in [0.1, 0.15) is 5.69 Å². The number of fused-ring (bicyclic) bond motifs is 1. The number of likely N-dealkylation sites (tertiary alicyclic amines) is 1. The highest BCUT2D eigenvalue weighted by Crippen LogP contribution is 2.18. The van der Waals surface area contributed by atoms with Gasteiger partial charge >= 0.3 is 0 Å². The average molecular weight is 228 g/mol. The SMILES string of the molecule is O=C(c1cc2ccccc2[nH]1)N1CCCCC1. The molecule has 0 saturated carbocycles. The van der Waals surface area contributed by atoms with Crippen LogP contribution < -0.4 is 0 Å². The summed E-state index contributed by atoms with van der Waals surface area (Å²) in [6.45, 7) is 1.79. The molecule has 0 spiro atoms. The van der Waals surface area contributed by atoms with Gasteiger partial charge in [0.05, 0.1) is 0 Å². The summed E-state index contributed by atoms with van der Waals surface area (Å²) in [6, 6.07) is 9.95. The Bertz CT molecular complexity index is 505. The van der Waals surface area contributed by atoms with E-state index >= 15 is 0 Å². The van der Waals surface area contributed by atoms with Gasteiger partial charge in [0.15, 0.2) is 0 Å². The summed E-state index contributed by atoms with van der Waals surface area (Å²) >= 11 is 0. The number of nitrogens with zero attached hydrogens (tertiary/aromatic N) is 1. The molecule has 1 aromatic heterocycles. The van der Waals surface area contributed by atoms with Crippen LogP contribution in [0.4, 0.5) is 0 Å². The molecule has 0 aliphatic carbocycles. The van der Waals surface area contributed by atoms with E-state index in [-0.39, 0.29) is 5.91 Å². The number of aromatic amines is 1. The molecular formula is C14H16N2O. The van der Waals surface area contributed by atoms with Crippen LogP contribution >= 0.6 is 0 Å². The molecule has 0 atom stereocenters. The van der Waals surface area contributed by atoms with E-state index in [1.165, 1.54) is 6.42 Å². The number of aromatic nitrogens is 1. The van der Waals surface area contributed by atoms with Crippen molar-refractivity contribution in [1.29, 1.82) is 0 Å². The fourth-order valence-electron chi connectivity index (χ4n) is 2.46. The molecule has 2 aromatic rings. The maximum atomic E-state index is 12.3. The highest BCUT2D eigenvalue weighted by Gasteiger charge is 2.19. The number of nitrogens with one attached hydrogen (secondary N) is 1. The number of rotatable bonds is 1. The first-order valence-corrected chi connectivity index (χ1v) is 6.21. The van der Waals surface area contributed by atoms with Crippen molar-refractivity contribution < 1.29 is 4.79 Å². The van der Waals surface area contributed by atoms with E-state index in [9.17, 15) is 4.79 Å². The fourth-order valence-corrected chi connectivity index (χ4v) is 2.46. The number of carbonyl (C=O) groups excluding carboxylic acids is 1. The van der Waals surface area contributed by atoms with Crippen molar-refractivity contribution in [1.82, 2.24) is 9.88 Å². The average Bonchev–Trinajstić information content (AvgIpc) is 2.82. The van der Waals surface area contributed by atoms with Crippen molar-refractivity contribution in [3.63, 3.8) is 0 Å². The zero-order valence-corrected chi connectivity index (χ0v) is 9.78. The second kappa shape index (κ2) is 4.24. The van der Waals surface area contributed by atoms with Crippen LogP contribution in [0.1, 0.15) is 29.8 Å². The predicted molar refractivity (Wildman–Crippen MR) is 68.1 cm³/mol. The van der Waals surface area contributed by atoms with Gasteiger partial charge in [0.25, 0.3) is 5.91 Å². The second-order valence-electron chi connectivity index (χ2n) is 4.62. The molecule has 1 saturated heterocycles. The van der Waals surface area contributed by atoms with Crippen molar-refractivity contribution in [3.8, 4) is 0 Å². The Morgan fingerprint density at radius 1 is 1.12 bits per heavy atom. The topological polar surface area (TPSA) is 36.1 Å². The van der Waals surface area contributed by atoms with Crippen molar-refractivity contribution in [2.45, 2.75) is 19.3 Å². The lowest BCUT2D eigenvalue weighted by Gasteiger charge is -2.26. The summed E-state index contributed by atoms with van der Waals surface area (Å²) in [4.78, 5) is 17.4. The zero-order chi connectivity index (χ0) is 11.7. The lowest BCUT2D eigenvalue weighted by Crippen LogP contribution is -2.35. The molecule has 0 bridgehead atoms. The maximum Gasteiger partial charge on any atom is 0.270 e. The van der Waals surface area contributed by atoms with Gasteiger partial charge in [0, 0.05) is 24.0 Å². The summed E-state index contributed by atoms with van der Waals surface area (Å²) < 4.78 is 0. The number of hydrogen-bond donors (Lipinski definition) is 1. The lowest BCUT2D eigenvalue weighted by atomic mass is 10.1. The Kier molecular flexibility index (Phi) is 2.59. The fraction of sp³-hybridized carbons (Fsp3) is 0.357. The van der Waals surface area contributed by atoms with Crippen LogP contribution in [-0.2, 0) is 0 Å². The number of carbonyl (C=O) groups is 1. The van der Waals surface area contributed by atoms with Gasteiger partial charge in [-0.25, -0.2) is 0 Å². The van der Waals surface area contributed by atoms with E-state index in [4.69, 9.17) is 0 Å². The summed E-state index contributed by atoms with van der Waals surface area (Å²) in [5, 5.41) is 1.10. The molecule has 88 valence electrons. The van der Waals surface area contributed by atoms with Gasteiger partial charge in [-0.3, -0.25) is 4.79 Å². The lowest BCUT2D eigenvalue weighted by molar-refractivity contribution is 0.0719. The van der Waals surface area contributed by atoms with Crippen LogP contribution in [0.5, 0.6) is 0 Å². The van der Waals surface area contributed by atoms with E-state index in [0.717, 1.165) is 36.8 Å². The molecular weight excluding hydrogens is 212 g/mol. The first-order valence-electron chi connectivity index (χ1n) is 6.21. The van der Waals surface area contributed by atoms with E-state index < -0.39 is 0 Å². The Morgan fingerprint density at radius 3 is 2.65 bits per heavy atom. The number of H-pyrrole nitrogens is 1. The van der Waals surface area contributed by atoms with Gasteiger partial charge < -0.3 is 9.88 Å². The number of para-hydroxylation sites is 1. The highest BCUT2D eigenvalue weighted by molar-refractivity contribution is 5.98. The minimum Gasteiger partial charge on any atom is -0.351 e. The number of benzene rings is 1. The molecule has 1 fully saturated rings. The number of hydrogen-bond acceptors (Lipinski definition) is 1. The maximum absolute atomic E-state index is 12.3. The highest BCUT2D eigenvalue weighted by atomic mass is 16.2. The third-order valence-electron chi connectivity index (χ3n) is 3.40. The minimum atomic E-state index is 0.140. The van der Waals surface area contributed by atoms with Crippen molar-refractivity contribution in [2.24, 2.45) is 0 Å². The first kappa shape index (κ1) is 10.4. The molecule has 3 heteroatoms. The standard InChI is InChI=1S/C14H16N2O/c17-14(16-8-4-1-5-9-16)13-10-11-6-2-3-7-12(11)15-13/h2-3,6-7,10,15H,1,4-5,8-9H2. The Morgan fingerprint density at radius 2 is 1.88 bits per heavy atom. The van der Waals surface area contributed by atoms with E-state index in [2.05, 4.69) is 4.98 Å². The quantitative estimate of drug-likeness (QED) is 0.800. The first-order chi connectivity index (χ1) is 8.34. The number of amides is 1.